The molecule has 0 radical (unpaired) electrons. The van der Waals surface area contributed by atoms with Crippen LogP contribution in [0.15, 0.2) is 36.7 Å². The molecule has 0 bridgehead atoms. The number of amides is 1. The fraction of sp³-hybridized carbons (Fsp3) is 0.412. The average molecular weight is 369 g/mol. The van der Waals surface area contributed by atoms with Gasteiger partial charge in [-0.25, -0.2) is 4.98 Å². The minimum atomic E-state index is -0.282. The molecule has 2 atom stereocenters. The summed E-state index contributed by atoms with van der Waals surface area (Å²) in [6.07, 6.45) is 3.62. The fourth-order valence-electron chi connectivity index (χ4n) is 2.76. The zero-order chi connectivity index (χ0) is 16.4. The lowest BCUT2D eigenvalue weighted by molar-refractivity contribution is -0.127. The first-order valence-corrected chi connectivity index (χ1v) is 8.18. The van der Waals surface area contributed by atoms with Gasteiger partial charge in [-0.3, -0.25) is 4.79 Å². The third-order valence-electron chi connectivity index (χ3n) is 4.54. The van der Waals surface area contributed by atoms with Crippen molar-refractivity contribution in [2.45, 2.75) is 13.0 Å². The third-order valence-corrected chi connectivity index (χ3v) is 4.79. The van der Waals surface area contributed by atoms with Crippen LogP contribution in [0.5, 0.6) is 0 Å². The number of aromatic nitrogens is 2. The van der Waals surface area contributed by atoms with Gasteiger partial charge in [-0.2, -0.15) is 0 Å². The number of imidazole rings is 1. The van der Waals surface area contributed by atoms with Gasteiger partial charge in [0.15, 0.2) is 0 Å². The number of carbonyl (C=O) groups excluding carboxylic acids is 1. The Bertz CT molecular complexity index is 682. The van der Waals surface area contributed by atoms with E-state index in [0.717, 1.165) is 24.5 Å². The van der Waals surface area contributed by atoms with Crippen molar-refractivity contribution in [1.29, 1.82) is 0 Å². The van der Waals surface area contributed by atoms with E-state index >= 15 is 0 Å². The third kappa shape index (κ3) is 3.91. The van der Waals surface area contributed by atoms with Crippen LogP contribution < -0.4 is 10.6 Å². The first-order valence-electron chi connectivity index (χ1n) is 7.80. The van der Waals surface area contributed by atoms with Crippen molar-refractivity contribution < 1.29 is 4.79 Å². The summed E-state index contributed by atoms with van der Waals surface area (Å²) >= 11 is 5.98. The molecule has 1 amide bonds. The van der Waals surface area contributed by atoms with E-state index in [4.69, 9.17) is 11.6 Å². The van der Waals surface area contributed by atoms with Crippen LogP contribution in [0.1, 0.15) is 24.4 Å². The number of benzene rings is 1. The molecule has 2 unspecified atom stereocenters. The van der Waals surface area contributed by atoms with Crippen molar-refractivity contribution in [2.24, 2.45) is 18.9 Å². The smallest absolute Gasteiger partial charge is 0.224 e. The molecule has 2 heterocycles. The quantitative estimate of drug-likeness (QED) is 0.852. The normalized spacial score (nSPS) is 16.6. The number of nitrogens with zero attached hydrogens (tertiary/aromatic N) is 2. The van der Waals surface area contributed by atoms with Gasteiger partial charge in [0.25, 0.3) is 0 Å². The molecule has 0 aliphatic carbocycles. The molecule has 2 aromatic rings. The molecular formula is C17H22Cl2N4O. The van der Waals surface area contributed by atoms with Crippen LogP contribution in [-0.2, 0) is 11.8 Å². The minimum Gasteiger partial charge on any atom is -0.342 e. The summed E-state index contributed by atoms with van der Waals surface area (Å²) in [4.78, 5) is 17.0. The van der Waals surface area contributed by atoms with Crippen LogP contribution in [0, 0.1) is 11.8 Å². The van der Waals surface area contributed by atoms with Crippen molar-refractivity contribution in [3.05, 3.63) is 53.1 Å². The Kier molecular flexibility index (Phi) is 6.27. The lowest BCUT2D eigenvalue weighted by Crippen LogP contribution is -2.50. The standard InChI is InChI=1S/C17H21ClN4O.ClH/c1-11(13-9-19-10-13)17(23)21-15(16-20-7-8-22(16)2)12-3-5-14(18)6-4-12;/h3-8,11,13,15,19H,9-10H2,1-2H3,(H,21,23);1H. The predicted octanol–water partition coefficient (Wildman–Crippen LogP) is 2.56. The highest BCUT2D eigenvalue weighted by Gasteiger charge is 2.31. The maximum absolute atomic E-state index is 12.6. The number of aryl methyl sites for hydroxylation is 1. The van der Waals surface area contributed by atoms with Gasteiger partial charge in [-0.15, -0.1) is 12.4 Å². The summed E-state index contributed by atoms with van der Waals surface area (Å²) < 4.78 is 1.93. The molecule has 1 fully saturated rings. The van der Waals surface area contributed by atoms with Gasteiger partial charge in [0.2, 0.25) is 5.91 Å². The van der Waals surface area contributed by atoms with Crippen LogP contribution >= 0.6 is 24.0 Å². The molecule has 1 aliphatic heterocycles. The second-order valence-corrected chi connectivity index (χ2v) is 6.53. The number of hydrogen-bond acceptors (Lipinski definition) is 3. The van der Waals surface area contributed by atoms with E-state index in [1.165, 1.54) is 0 Å². The Hall–Kier alpha value is -1.56. The first kappa shape index (κ1) is 18.8. The van der Waals surface area contributed by atoms with E-state index < -0.39 is 0 Å². The summed E-state index contributed by atoms with van der Waals surface area (Å²) in [6, 6.07) is 7.24. The Morgan fingerprint density at radius 2 is 2.04 bits per heavy atom. The summed E-state index contributed by atoms with van der Waals surface area (Å²) in [6.45, 7) is 3.80. The molecule has 7 heteroatoms. The number of hydrogen-bond donors (Lipinski definition) is 2. The summed E-state index contributed by atoms with van der Waals surface area (Å²) in [7, 11) is 1.93. The Balaban J connectivity index is 0.00000208. The molecule has 1 aliphatic rings. The van der Waals surface area contributed by atoms with Gasteiger partial charge in [-0.1, -0.05) is 30.7 Å². The second-order valence-electron chi connectivity index (χ2n) is 6.10. The molecule has 2 N–H and O–H groups in total. The molecule has 1 aromatic heterocycles. The van der Waals surface area contributed by atoms with Crippen molar-refractivity contribution >= 4 is 29.9 Å². The summed E-state index contributed by atoms with van der Waals surface area (Å²) in [5.74, 6) is 1.24. The van der Waals surface area contributed by atoms with Crippen molar-refractivity contribution in [2.75, 3.05) is 13.1 Å². The van der Waals surface area contributed by atoms with Crippen molar-refractivity contribution in [3.8, 4) is 0 Å². The van der Waals surface area contributed by atoms with Crippen LogP contribution in [0.4, 0.5) is 0 Å². The highest BCUT2D eigenvalue weighted by Crippen LogP contribution is 2.24. The number of rotatable bonds is 5. The zero-order valence-electron chi connectivity index (χ0n) is 13.7. The highest BCUT2D eigenvalue weighted by atomic mass is 35.5. The van der Waals surface area contributed by atoms with Gasteiger partial charge >= 0.3 is 0 Å². The van der Waals surface area contributed by atoms with Crippen molar-refractivity contribution in [3.63, 3.8) is 0 Å². The lowest BCUT2D eigenvalue weighted by Gasteiger charge is -2.32. The number of halogens is 2. The largest absolute Gasteiger partial charge is 0.342 e. The van der Waals surface area contributed by atoms with E-state index in [0.29, 0.717) is 10.9 Å². The number of carbonyl (C=O) groups is 1. The van der Waals surface area contributed by atoms with Crippen LogP contribution in [0.2, 0.25) is 5.02 Å². The molecule has 0 saturated carbocycles. The van der Waals surface area contributed by atoms with E-state index in [9.17, 15) is 4.79 Å². The van der Waals surface area contributed by atoms with Crippen LogP contribution in [0.25, 0.3) is 0 Å². The van der Waals surface area contributed by atoms with Gasteiger partial charge in [0.05, 0.1) is 0 Å². The molecular weight excluding hydrogens is 347 g/mol. The lowest BCUT2D eigenvalue weighted by atomic mass is 9.88. The summed E-state index contributed by atoms with van der Waals surface area (Å²) in [5, 5.41) is 7.04. The molecule has 24 heavy (non-hydrogen) atoms. The average Bonchev–Trinajstić information content (AvgIpc) is 2.90. The zero-order valence-corrected chi connectivity index (χ0v) is 15.3. The maximum Gasteiger partial charge on any atom is 0.224 e. The van der Waals surface area contributed by atoms with E-state index in [1.54, 1.807) is 6.20 Å². The number of nitrogens with one attached hydrogen (secondary N) is 2. The Labute approximate surface area is 153 Å². The van der Waals surface area contributed by atoms with Crippen LogP contribution in [0.3, 0.4) is 0 Å². The van der Waals surface area contributed by atoms with Gasteiger partial charge in [0.1, 0.15) is 11.9 Å². The monoisotopic (exact) mass is 368 g/mol. The van der Waals surface area contributed by atoms with Crippen LogP contribution in [-0.4, -0.2) is 28.5 Å². The first-order chi connectivity index (χ1) is 11.1. The van der Waals surface area contributed by atoms with E-state index in [1.807, 2.05) is 49.0 Å². The van der Waals surface area contributed by atoms with Crippen molar-refractivity contribution in [1.82, 2.24) is 20.2 Å². The minimum absolute atomic E-state index is 0. The van der Waals surface area contributed by atoms with Gasteiger partial charge in [0, 0.05) is 30.4 Å². The maximum atomic E-state index is 12.6. The molecule has 130 valence electrons. The molecule has 1 aromatic carbocycles. The fourth-order valence-corrected chi connectivity index (χ4v) is 2.89. The predicted molar refractivity (Wildman–Crippen MR) is 97.4 cm³/mol. The Morgan fingerprint density at radius 1 is 1.38 bits per heavy atom. The second kappa shape index (κ2) is 8.01. The highest BCUT2D eigenvalue weighted by molar-refractivity contribution is 6.30. The summed E-state index contributed by atoms with van der Waals surface area (Å²) in [5.41, 5.74) is 0.969. The van der Waals surface area contributed by atoms with Gasteiger partial charge in [-0.05, 0) is 36.7 Å². The molecule has 0 spiro atoms. The Morgan fingerprint density at radius 3 is 2.54 bits per heavy atom. The SMILES string of the molecule is CC(C(=O)NC(c1ccc(Cl)cc1)c1nccn1C)C1CNC1.Cl. The molecule has 5 nitrogen and oxygen atoms in total. The van der Waals surface area contributed by atoms with Gasteiger partial charge < -0.3 is 15.2 Å². The molecule has 3 rings (SSSR count). The van der Waals surface area contributed by atoms with E-state index in [2.05, 4.69) is 15.6 Å². The van der Waals surface area contributed by atoms with E-state index in [-0.39, 0.29) is 30.3 Å². The topological polar surface area (TPSA) is 59.0 Å². The molecule has 1 saturated heterocycles.